The van der Waals surface area contributed by atoms with Crippen molar-refractivity contribution in [1.82, 2.24) is 0 Å². The van der Waals surface area contributed by atoms with Crippen LogP contribution in [-0.2, 0) is 6.42 Å². The number of allylic oxidation sites excluding steroid dienone is 1. The van der Waals surface area contributed by atoms with Gasteiger partial charge >= 0.3 is 5.69 Å². The second-order valence-corrected chi connectivity index (χ2v) is 8.77. The average molecular weight is 484 g/mol. The molecule has 2 N–H and O–H groups in total. The number of ether oxygens (including phenoxy) is 1. The standard InChI is InChI=1S/C28H37NO6/c1-2-3-4-5-6-7-8-9-10-11-12-22-13-16-24(17-14-22)35-28(32)20-19-26(30)23-15-18-25(29(33)34)27(31)21-23/h13-21,28,31-32H,2-12H2,1H3. The summed E-state index contributed by atoms with van der Waals surface area (Å²) in [4.78, 5) is 22.2. The number of aliphatic hydroxyl groups excluding tert-OH is 1. The molecule has 0 fully saturated rings. The van der Waals surface area contributed by atoms with Gasteiger partial charge in [0.15, 0.2) is 11.5 Å². The number of rotatable bonds is 17. The van der Waals surface area contributed by atoms with Crippen molar-refractivity contribution in [3.8, 4) is 11.5 Å². The number of carbonyl (C=O) groups is 1. The molecule has 0 heterocycles. The van der Waals surface area contributed by atoms with Gasteiger partial charge in [-0.25, -0.2) is 0 Å². The van der Waals surface area contributed by atoms with Crippen LogP contribution in [-0.4, -0.2) is 27.2 Å². The number of aromatic hydroxyl groups is 1. The smallest absolute Gasteiger partial charge is 0.310 e. The molecule has 0 bridgehead atoms. The van der Waals surface area contributed by atoms with Crippen LogP contribution in [0.25, 0.3) is 0 Å². The van der Waals surface area contributed by atoms with Crippen molar-refractivity contribution < 1.29 is 24.7 Å². The first-order valence-corrected chi connectivity index (χ1v) is 12.5. The molecule has 1 atom stereocenters. The molecule has 0 aromatic heterocycles. The zero-order chi connectivity index (χ0) is 25.5. The number of carbonyl (C=O) groups excluding carboxylic acids is 1. The molecule has 35 heavy (non-hydrogen) atoms. The van der Waals surface area contributed by atoms with E-state index in [1.165, 1.54) is 75.5 Å². The topological polar surface area (TPSA) is 110 Å². The summed E-state index contributed by atoms with van der Waals surface area (Å²) in [6, 6.07) is 10.9. The van der Waals surface area contributed by atoms with Crippen LogP contribution < -0.4 is 4.74 Å². The molecule has 0 saturated heterocycles. The zero-order valence-electron chi connectivity index (χ0n) is 20.5. The van der Waals surface area contributed by atoms with E-state index >= 15 is 0 Å². The number of unbranched alkanes of at least 4 members (excludes halogenated alkanes) is 9. The number of aliphatic hydroxyl groups is 1. The average Bonchev–Trinajstić information content (AvgIpc) is 2.84. The number of phenols is 1. The highest BCUT2D eigenvalue weighted by Gasteiger charge is 2.15. The van der Waals surface area contributed by atoms with Gasteiger partial charge in [-0.1, -0.05) is 76.8 Å². The van der Waals surface area contributed by atoms with E-state index in [0.29, 0.717) is 5.75 Å². The maximum atomic E-state index is 12.2. The molecule has 2 aromatic carbocycles. The number of phenolic OH excluding ortho intramolecular Hbond substituents is 1. The summed E-state index contributed by atoms with van der Waals surface area (Å²) in [5.74, 6) is -0.636. The van der Waals surface area contributed by atoms with Crippen molar-refractivity contribution >= 4 is 11.5 Å². The van der Waals surface area contributed by atoms with Gasteiger partial charge in [-0.05, 0) is 54.8 Å². The van der Waals surface area contributed by atoms with E-state index in [9.17, 15) is 25.1 Å². The van der Waals surface area contributed by atoms with E-state index in [1.54, 1.807) is 12.1 Å². The SMILES string of the molecule is CCCCCCCCCCCCc1ccc(OC(O)C=CC(=O)c2ccc([N+](=O)[O-])c(O)c2)cc1. The number of nitro groups is 1. The Bertz CT molecular complexity index is 954. The Morgan fingerprint density at radius 3 is 2.14 bits per heavy atom. The highest BCUT2D eigenvalue weighted by Crippen LogP contribution is 2.26. The maximum absolute atomic E-state index is 12.2. The van der Waals surface area contributed by atoms with Crippen LogP contribution in [0, 0.1) is 10.1 Å². The number of nitro benzene ring substituents is 1. The Morgan fingerprint density at radius 2 is 1.57 bits per heavy atom. The summed E-state index contributed by atoms with van der Waals surface area (Å²) in [5, 5.41) is 30.4. The third kappa shape index (κ3) is 10.7. The molecule has 190 valence electrons. The number of hydrogen-bond acceptors (Lipinski definition) is 6. The Labute approximate surface area is 207 Å². The molecule has 7 nitrogen and oxygen atoms in total. The normalized spacial score (nSPS) is 12.1. The third-order valence-electron chi connectivity index (χ3n) is 5.87. The van der Waals surface area contributed by atoms with Gasteiger partial charge in [0, 0.05) is 11.6 Å². The minimum absolute atomic E-state index is 0.0628. The van der Waals surface area contributed by atoms with Crippen LogP contribution in [0.3, 0.4) is 0 Å². The van der Waals surface area contributed by atoms with Gasteiger partial charge in [-0.15, -0.1) is 0 Å². The molecular formula is C28H37NO6. The molecule has 0 aliphatic heterocycles. The molecule has 0 spiro atoms. The predicted octanol–water partition coefficient (Wildman–Crippen LogP) is 6.90. The van der Waals surface area contributed by atoms with Gasteiger partial charge in [0.25, 0.3) is 0 Å². The van der Waals surface area contributed by atoms with E-state index in [0.717, 1.165) is 31.1 Å². The maximum Gasteiger partial charge on any atom is 0.310 e. The fraction of sp³-hybridized carbons (Fsp3) is 0.464. The molecule has 2 rings (SSSR count). The highest BCUT2D eigenvalue weighted by molar-refractivity contribution is 6.05. The fourth-order valence-corrected chi connectivity index (χ4v) is 3.83. The third-order valence-corrected chi connectivity index (χ3v) is 5.87. The first-order valence-electron chi connectivity index (χ1n) is 12.5. The molecule has 0 aliphatic carbocycles. The Morgan fingerprint density at radius 1 is 0.971 bits per heavy atom. The van der Waals surface area contributed by atoms with Crippen LogP contribution in [0.4, 0.5) is 5.69 Å². The van der Waals surface area contributed by atoms with Gasteiger partial charge in [0.05, 0.1) is 4.92 Å². The minimum atomic E-state index is -1.33. The summed E-state index contributed by atoms with van der Waals surface area (Å²) < 4.78 is 5.41. The lowest BCUT2D eigenvalue weighted by Crippen LogP contribution is -2.12. The number of ketones is 1. The second kappa shape index (κ2) is 15.7. The fourth-order valence-electron chi connectivity index (χ4n) is 3.83. The Kier molecular flexibility index (Phi) is 12.6. The van der Waals surface area contributed by atoms with Crippen molar-refractivity contribution in [3.05, 3.63) is 75.9 Å². The molecular weight excluding hydrogens is 446 g/mol. The first kappa shape index (κ1) is 28.1. The molecule has 2 aromatic rings. The Balaban J connectivity index is 1.68. The van der Waals surface area contributed by atoms with Crippen LogP contribution in [0.15, 0.2) is 54.6 Å². The van der Waals surface area contributed by atoms with Crippen molar-refractivity contribution in [2.75, 3.05) is 0 Å². The van der Waals surface area contributed by atoms with Gasteiger partial charge in [-0.2, -0.15) is 0 Å². The summed E-state index contributed by atoms with van der Waals surface area (Å²) in [6.45, 7) is 2.24. The van der Waals surface area contributed by atoms with Crippen LogP contribution in [0.5, 0.6) is 11.5 Å². The van der Waals surface area contributed by atoms with Gasteiger partial charge in [-0.3, -0.25) is 14.9 Å². The van der Waals surface area contributed by atoms with Crippen LogP contribution >= 0.6 is 0 Å². The monoisotopic (exact) mass is 483 g/mol. The summed E-state index contributed by atoms with van der Waals surface area (Å²) in [6.07, 6.45) is 15.0. The van der Waals surface area contributed by atoms with Gasteiger partial charge in [0.1, 0.15) is 5.75 Å². The van der Waals surface area contributed by atoms with E-state index in [2.05, 4.69) is 6.92 Å². The summed E-state index contributed by atoms with van der Waals surface area (Å²) >= 11 is 0. The van der Waals surface area contributed by atoms with Gasteiger partial charge in [0.2, 0.25) is 6.29 Å². The Hall–Kier alpha value is -3.19. The van der Waals surface area contributed by atoms with E-state index in [4.69, 9.17) is 4.74 Å². The molecule has 0 amide bonds. The first-order chi connectivity index (χ1) is 16.9. The van der Waals surface area contributed by atoms with E-state index in [1.807, 2.05) is 12.1 Å². The lowest BCUT2D eigenvalue weighted by molar-refractivity contribution is -0.385. The molecule has 0 radical (unpaired) electrons. The molecule has 0 aliphatic rings. The molecule has 0 saturated carbocycles. The lowest BCUT2D eigenvalue weighted by atomic mass is 10.0. The van der Waals surface area contributed by atoms with Crippen molar-refractivity contribution in [2.24, 2.45) is 0 Å². The van der Waals surface area contributed by atoms with E-state index in [-0.39, 0.29) is 5.56 Å². The molecule has 1 unspecified atom stereocenters. The second-order valence-electron chi connectivity index (χ2n) is 8.77. The lowest BCUT2D eigenvalue weighted by Gasteiger charge is -2.10. The van der Waals surface area contributed by atoms with E-state index < -0.39 is 28.4 Å². The van der Waals surface area contributed by atoms with Crippen molar-refractivity contribution in [1.29, 1.82) is 0 Å². The highest BCUT2D eigenvalue weighted by atomic mass is 16.6. The van der Waals surface area contributed by atoms with Crippen LogP contribution in [0.2, 0.25) is 0 Å². The quantitative estimate of drug-likeness (QED) is 0.0632. The number of aryl methyl sites for hydroxylation is 1. The van der Waals surface area contributed by atoms with Crippen molar-refractivity contribution in [3.63, 3.8) is 0 Å². The molecule has 7 heteroatoms. The summed E-state index contributed by atoms with van der Waals surface area (Å²) in [7, 11) is 0. The van der Waals surface area contributed by atoms with Crippen molar-refractivity contribution in [2.45, 2.75) is 83.8 Å². The number of benzene rings is 2. The predicted molar refractivity (Wildman–Crippen MR) is 137 cm³/mol. The minimum Gasteiger partial charge on any atom is -0.502 e. The number of hydrogen-bond donors (Lipinski definition) is 2. The van der Waals surface area contributed by atoms with Gasteiger partial charge < -0.3 is 14.9 Å². The number of nitrogens with zero attached hydrogens (tertiary/aromatic N) is 1. The zero-order valence-corrected chi connectivity index (χ0v) is 20.5. The largest absolute Gasteiger partial charge is 0.502 e. The summed E-state index contributed by atoms with van der Waals surface area (Å²) in [5.41, 5.74) is 0.800. The van der Waals surface area contributed by atoms with Crippen LogP contribution in [0.1, 0.15) is 87.1 Å².